The molecule has 0 spiro atoms. The number of carbonyl (C=O) groups is 1. The Morgan fingerprint density at radius 1 is 1.24 bits per heavy atom. The summed E-state index contributed by atoms with van der Waals surface area (Å²) in [7, 11) is 0. The van der Waals surface area contributed by atoms with Crippen LogP contribution in [0.4, 0.5) is 0 Å². The molecular formula is C14H23NO2. The molecule has 3 nitrogen and oxygen atoms in total. The first-order valence-electron chi connectivity index (χ1n) is 6.54. The molecule has 0 aromatic carbocycles. The molecule has 0 bridgehead atoms. The van der Waals surface area contributed by atoms with Gasteiger partial charge in [-0.05, 0) is 12.8 Å². The van der Waals surface area contributed by atoms with Crippen LogP contribution in [0.1, 0.15) is 32.6 Å². The average Bonchev–Trinajstić information content (AvgIpc) is 2.38. The summed E-state index contributed by atoms with van der Waals surface area (Å²) in [4.78, 5) is 13.5. The Morgan fingerprint density at radius 2 is 2.00 bits per heavy atom. The van der Waals surface area contributed by atoms with Gasteiger partial charge in [-0.3, -0.25) is 4.79 Å². The lowest BCUT2D eigenvalue weighted by atomic mass is 10.2. The smallest absolute Gasteiger partial charge is 0.246 e. The number of unbranched alkanes of at least 4 members (excludes halogenated alkanes) is 3. The van der Waals surface area contributed by atoms with Crippen LogP contribution in [-0.2, 0) is 9.53 Å². The van der Waals surface area contributed by atoms with E-state index in [0.717, 1.165) is 6.42 Å². The van der Waals surface area contributed by atoms with Crippen molar-refractivity contribution in [2.45, 2.75) is 32.6 Å². The molecule has 1 amide bonds. The number of morpholine rings is 1. The lowest BCUT2D eigenvalue weighted by molar-refractivity contribution is -0.129. The molecule has 0 radical (unpaired) electrons. The SMILES string of the molecule is CCCCC/C=C/C=C/C(=O)N1CCOCC1. The molecule has 96 valence electrons. The molecule has 1 aliphatic heterocycles. The molecule has 0 aromatic rings. The third-order valence-electron chi connectivity index (χ3n) is 2.78. The summed E-state index contributed by atoms with van der Waals surface area (Å²) in [5, 5.41) is 0. The van der Waals surface area contributed by atoms with Crippen LogP contribution in [0, 0.1) is 0 Å². The molecule has 1 aliphatic rings. The molecule has 1 rings (SSSR count). The van der Waals surface area contributed by atoms with Crippen molar-refractivity contribution >= 4 is 5.91 Å². The van der Waals surface area contributed by atoms with Gasteiger partial charge in [-0.1, -0.05) is 38.0 Å². The van der Waals surface area contributed by atoms with E-state index in [1.165, 1.54) is 19.3 Å². The minimum Gasteiger partial charge on any atom is -0.378 e. The molecule has 17 heavy (non-hydrogen) atoms. The first-order chi connectivity index (χ1) is 8.34. The molecule has 0 aliphatic carbocycles. The van der Waals surface area contributed by atoms with Gasteiger partial charge in [-0.25, -0.2) is 0 Å². The van der Waals surface area contributed by atoms with Crippen molar-refractivity contribution in [3.63, 3.8) is 0 Å². The first kappa shape index (κ1) is 14.0. The molecule has 0 unspecified atom stereocenters. The highest BCUT2D eigenvalue weighted by atomic mass is 16.5. The Kier molecular flexibility index (Phi) is 7.39. The van der Waals surface area contributed by atoms with Crippen LogP contribution in [0.25, 0.3) is 0 Å². The van der Waals surface area contributed by atoms with E-state index in [9.17, 15) is 4.79 Å². The summed E-state index contributed by atoms with van der Waals surface area (Å²) < 4.78 is 5.20. The van der Waals surface area contributed by atoms with E-state index in [1.54, 1.807) is 6.08 Å². The number of nitrogens with zero attached hydrogens (tertiary/aromatic N) is 1. The normalized spacial score (nSPS) is 17.1. The number of ether oxygens (including phenoxy) is 1. The highest BCUT2D eigenvalue weighted by molar-refractivity contribution is 5.87. The predicted molar refractivity (Wildman–Crippen MR) is 69.8 cm³/mol. The minimum absolute atomic E-state index is 0.0894. The molecule has 1 saturated heterocycles. The predicted octanol–water partition coefficient (Wildman–Crippen LogP) is 2.54. The topological polar surface area (TPSA) is 29.5 Å². The van der Waals surface area contributed by atoms with E-state index < -0.39 is 0 Å². The van der Waals surface area contributed by atoms with E-state index in [-0.39, 0.29) is 5.91 Å². The van der Waals surface area contributed by atoms with Gasteiger partial charge in [-0.15, -0.1) is 0 Å². The number of allylic oxidation sites excluding steroid dienone is 3. The number of carbonyl (C=O) groups excluding carboxylic acids is 1. The van der Waals surface area contributed by atoms with Gasteiger partial charge in [0.05, 0.1) is 13.2 Å². The molecule has 1 fully saturated rings. The molecule has 0 saturated carbocycles. The van der Waals surface area contributed by atoms with E-state index in [4.69, 9.17) is 4.74 Å². The average molecular weight is 237 g/mol. The number of rotatable bonds is 6. The van der Waals surface area contributed by atoms with E-state index >= 15 is 0 Å². The van der Waals surface area contributed by atoms with Crippen LogP contribution in [0.2, 0.25) is 0 Å². The van der Waals surface area contributed by atoms with Crippen LogP contribution in [0.15, 0.2) is 24.3 Å². The van der Waals surface area contributed by atoms with Crippen molar-refractivity contribution < 1.29 is 9.53 Å². The third kappa shape index (κ3) is 6.27. The molecule has 1 heterocycles. The van der Waals surface area contributed by atoms with Gasteiger partial charge in [-0.2, -0.15) is 0 Å². The highest BCUT2D eigenvalue weighted by Crippen LogP contribution is 2.00. The molecule has 3 heteroatoms. The maximum absolute atomic E-state index is 11.7. The summed E-state index contributed by atoms with van der Waals surface area (Å²) in [6.07, 6.45) is 12.4. The monoisotopic (exact) mass is 237 g/mol. The zero-order valence-electron chi connectivity index (χ0n) is 10.7. The van der Waals surface area contributed by atoms with E-state index in [0.29, 0.717) is 26.3 Å². The van der Waals surface area contributed by atoms with Gasteiger partial charge >= 0.3 is 0 Å². The number of hydrogen-bond acceptors (Lipinski definition) is 2. The van der Waals surface area contributed by atoms with Gasteiger partial charge < -0.3 is 9.64 Å². The van der Waals surface area contributed by atoms with Gasteiger partial charge in [0.1, 0.15) is 0 Å². The van der Waals surface area contributed by atoms with E-state index in [2.05, 4.69) is 13.0 Å². The first-order valence-corrected chi connectivity index (χ1v) is 6.54. The van der Waals surface area contributed by atoms with Gasteiger partial charge in [0, 0.05) is 19.2 Å². The Bertz CT molecular complexity index is 265. The molecule has 0 aromatic heterocycles. The number of amides is 1. The van der Waals surface area contributed by atoms with Crippen LogP contribution in [0.3, 0.4) is 0 Å². The fourth-order valence-corrected chi connectivity index (χ4v) is 1.71. The maximum atomic E-state index is 11.7. The Hall–Kier alpha value is -1.09. The summed E-state index contributed by atoms with van der Waals surface area (Å²) in [5.41, 5.74) is 0. The third-order valence-corrected chi connectivity index (χ3v) is 2.78. The molecular weight excluding hydrogens is 214 g/mol. The largest absolute Gasteiger partial charge is 0.378 e. The minimum atomic E-state index is 0.0894. The van der Waals surface area contributed by atoms with Crippen LogP contribution < -0.4 is 0 Å². The summed E-state index contributed by atoms with van der Waals surface area (Å²) in [5.74, 6) is 0.0894. The second-order valence-corrected chi connectivity index (χ2v) is 4.22. The van der Waals surface area contributed by atoms with Crippen LogP contribution in [-0.4, -0.2) is 37.1 Å². The van der Waals surface area contributed by atoms with Crippen molar-refractivity contribution in [2.24, 2.45) is 0 Å². The lowest BCUT2D eigenvalue weighted by Crippen LogP contribution is -2.39. The van der Waals surface area contributed by atoms with Gasteiger partial charge in [0.25, 0.3) is 0 Å². The van der Waals surface area contributed by atoms with Crippen molar-refractivity contribution in [1.82, 2.24) is 4.90 Å². The second kappa shape index (κ2) is 8.99. The van der Waals surface area contributed by atoms with Crippen molar-refractivity contribution in [1.29, 1.82) is 0 Å². The Balaban J connectivity index is 2.16. The quantitative estimate of drug-likeness (QED) is 0.403. The van der Waals surface area contributed by atoms with Crippen molar-refractivity contribution in [2.75, 3.05) is 26.3 Å². The zero-order valence-corrected chi connectivity index (χ0v) is 10.7. The maximum Gasteiger partial charge on any atom is 0.246 e. The van der Waals surface area contributed by atoms with Gasteiger partial charge in [0.2, 0.25) is 5.91 Å². The second-order valence-electron chi connectivity index (χ2n) is 4.22. The zero-order chi connectivity index (χ0) is 12.3. The Morgan fingerprint density at radius 3 is 2.71 bits per heavy atom. The molecule has 0 atom stereocenters. The summed E-state index contributed by atoms with van der Waals surface area (Å²) >= 11 is 0. The summed E-state index contributed by atoms with van der Waals surface area (Å²) in [6.45, 7) is 4.94. The fourth-order valence-electron chi connectivity index (χ4n) is 1.71. The van der Waals surface area contributed by atoms with Crippen LogP contribution >= 0.6 is 0 Å². The lowest BCUT2D eigenvalue weighted by Gasteiger charge is -2.25. The van der Waals surface area contributed by atoms with Crippen LogP contribution in [0.5, 0.6) is 0 Å². The van der Waals surface area contributed by atoms with Gasteiger partial charge in [0.15, 0.2) is 0 Å². The summed E-state index contributed by atoms with van der Waals surface area (Å²) in [6, 6.07) is 0. The molecule has 0 N–H and O–H groups in total. The fraction of sp³-hybridized carbons (Fsp3) is 0.643. The highest BCUT2D eigenvalue weighted by Gasteiger charge is 2.13. The van der Waals surface area contributed by atoms with Crippen molar-refractivity contribution in [3.05, 3.63) is 24.3 Å². The number of hydrogen-bond donors (Lipinski definition) is 0. The Labute approximate surface area is 104 Å². The van der Waals surface area contributed by atoms with E-state index in [1.807, 2.05) is 17.1 Å². The van der Waals surface area contributed by atoms with Crippen molar-refractivity contribution in [3.8, 4) is 0 Å². The standard InChI is InChI=1S/C14H23NO2/c1-2-3-4-5-6-7-8-9-14(16)15-10-12-17-13-11-15/h6-9H,2-5,10-13H2,1H3/b7-6+,9-8+.